The Morgan fingerprint density at radius 3 is 2.16 bits per heavy atom. The molecule has 1 fully saturated rings. The van der Waals surface area contributed by atoms with Gasteiger partial charge in [-0.2, -0.15) is 4.73 Å². The Morgan fingerprint density at radius 1 is 0.812 bits per heavy atom. The number of rotatable bonds is 5. The molecular weight excluding hydrogens is 398 g/mol. The molecule has 2 heterocycles. The van der Waals surface area contributed by atoms with Crippen molar-refractivity contribution in [1.82, 2.24) is 14.5 Å². The molecular formula is C27H29N3O2. The van der Waals surface area contributed by atoms with Crippen molar-refractivity contribution >= 4 is 10.9 Å². The lowest BCUT2D eigenvalue weighted by Gasteiger charge is -2.38. The third-order valence-electron chi connectivity index (χ3n) is 6.54. The van der Waals surface area contributed by atoms with Gasteiger partial charge in [-0.25, -0.2) is 0 Å². The quantitative estimate of drug-likeness (QED) is 0.461. The zero-order valence-corrected chi connectivity index (χ0v) is 18.6. The summed E-state index contributed by atoms with van der Waals surface area (Å²) >= 11 is 0. The van der Waals surface area contributed by atoms with Crippen LogP contribution in [0.5, 0.6) is 5.75 Å². The van der Waals surface area contributed by atoms with E-state index in [2.05, 4.69) is 53.2 Å². The third-order valence-corrected chi connectivity index (χ3v) is 6.54. The largest absolute Gasteiger partial charge is 0.497 e. The molecule has 5 rings (SSSR count). The first-order valence-electron chi connectivity index (χ1n) is 11.1. The Labute approximate surface area is 189 Å². The molecule has 0 saturated carbocycles. The normalized spacial score (nSPS) is 16.3. The van der Waals surface area contributed by atoms with Gasteiger partial charge in [-0.1, -0.05) is 60.7 Å². The number of ether oxygens (including phenoxy) is 1. The fourth-order valence-electron chi connectivity index (χ4n) is 4.83. The Kier molecular flexibility index (Phi) is 5.60. The maximum atomic E-state index is 11.3. The van der Waals surface area contributed by atoms with Crippen molar-refractivity contribution in [1.29, 1.82) is 0 Å². The Morgan fingerprint density at radius 2 is 1.47 bits per heavy atom. The van der Waals surface area contributed by atoms with Crippen LogP contribution < -0.4 is 4.74 Å². The molecule has 4 aromatic rings. The number of para-hydroxylation sites is 1. The van der Waals surface area contributed by atoms with Crippen LogP contribution in [0.3, 0.4) is 0 Å². The van der Waals surface area contributed by atoms with E-state index in [1.807, 2.05) is 42.5 Å². The number of benzene rings is 3. The molecule has 0 amide bonds. The number of hydrogen-bond acceptors (Lipinski definition) is 4. The molecule has 0 unspecified atom stereocenters. The highest BCUT2D eigenvalue weighted by Crippen LogP contribution is 2.42. The lowest BCUT2D eigenvalue weighted by molar-refractivity contribution is 0.127. The summed E-state index contributed by atoms with van der Waals surface area (Å²) in [4.78, 5) is 4.91. The molecule has 1 aliphatic heterocycles. The van der Waals surface area contributed by atoms with Crippen molar-refractivity contribution < 1.29 is 9.94 Å². The first-order chi connectivity index (χ1) is 15.7. The summed E-state index contributed by atoms with van der Waals surface area (Å²) in [5.74, 6) is 0.846. The van der Waals surface area contributed by atoms with Crippen molar-refractivity contribution in [3.63, 3.8) is 0 Å². The van der Waals surface area contributed by atoms with E-state index in [0.29, 0.717) is 0 Å². The Balaban J connectivity index is 1.76. The molecule has 1 saturated heterocycles. The summed E-state index contributed by atoms with van der Waals surface area (Å²) in [6.45, 7) is 3.97. The molecule has 0 bridgehead atoms. The number of methoxy groups -OCH3 is 1. The SMILES string of the molecule is COc1ccc([C@@H](c2c(-c3ccccc3)n(O)c3ccccc23)N2CCN(C)CC2)cc1. The van der Waals surface area contributed by atoms with Gasteiger partial charge in [0.2, 0.25) is 0 Å². The van der Waals surface area contributed by atoms with E-state index in [4.69, 9.17) is 4.74 Å². The van der Waals surface area contributed by atoms with E-state index < -0.39 is 0 Å². The summed E-state index contributed by atoms with van der Waals surface area (Å²) in [6.07, 6.45) is 0. The van der Waals surface area contributed by atoms with Crippen LogP contribution in [0.1, 0.15) is 17.2 Å². The van der Waals surface area contributed by atoms with Crippen LogP contribution in [0.25, 0.3) is 22.2 Å². The van der Waals surface area contributed by atoms with Crippen LogP contribution in [-0.2, 0) is 0 Å². The van der Waals surface area contributed by atoms with E-state index in [9.17, 15) is 5.21 Å². The summed E-state index contributed by atoms with van der Waals surface area (Å²) in [5.41, 5.74) is 5.03. The van der Waals surface area contributed by atoms with Gasteiger partial charge in [0.1, 0.15) is 5.75 Å². The zero-order valence-electron chi connectivity index (χ0n) is 18.6. The van der Waals surface area contributed by atoms with E-state index in [-0.39, 0.29) is 6.04 Å². The smallest absolute Gasteiger partial charge is 0.118 e. The van der Waals surface area contributed by atoms with Crippen LogP contribution in [-0.4, -0.2) is 60.1 Å². The molecule has 1 aliphatic rings. The maximum Gasteiger partial charge on any atom is 0.118 e. The van der Waals surface area contributed by atoms with Gasteiger partial charge in [0, 0.05) is 42.7 Å². The van der Waals surface area contributed by atoms with Crippen molar-refractivity contribution in [2.45, 2.75) is 6.04 Å². The highest BCUT2D eigenvalue weighted by molar-refractivity contribution is 5.92. The van der Waals surface area contributed by atoms with E-state index in [1.165, 1.54) is 10.3 Å². The summed E-state index contributed by atoms with van der Waals surface area (Å²) in [5, 5.41) is 12.4. The molecule has 1 N–H and O–H groups in total. The summed E-state index contributed by atoms with van der Waals surface area (Å²) < 4.78 is 6.78. The van der Waals surface area contributed by atoms with Gasteiger partial charge >= 0.3 is 0 Å². The molecule has 1 aromatic heterocycles. The summed E-state index contributed by atoms with van der Waals surface area (Å²) in [6, 6.07) is 26.7. The van der Waals surface area contributed by atoms with Gasteiger partial charge in [-0.05, 0) is 30.8 Å². The van der Waals surface area contributed by atoms with Gasteiger partial charge in [0.25, 0.3) is 0 Å². The summed E-state index contributed by atoms with van der Waals surface area (Å²) in [7, 11) is 3.87. The van der Waals surface area contributed by atoms with Gasteiger partial charge in [-0.15, -0.1) is 0 Å². The molecule has 5 nitrogen and oxygen atoms in total. The zero-order chi connectivity index (χ0) is 22.1. The number of nitrogens with zero attached hydrogens (tertiary/aromatic N) is 3. The van der Waals surface area contributed by atoms with E-state index >= 15 is 0 Å². The molecule has 5 heteroatoms. The van der Waals surface area contributed by atoms with E-state index in [0.717, 1.165) is 59.7 Å². The minimum atomic E-state index is 0.0168. The molecule has 0 aliphatic carbocycles. The molecule has 0 spiro atoms. The van der Waals surface area contributed by atoms with Crippen molar-refractivity contribution in [3.8, 4) is 17.0 Å². The van der Waals surface area contributed by atoms with Gasteiger partial charge in [0.05, 0.1) is 24.4 Å². The average Bonchev–Trinajstić information content (AvgIpc) is 3.14. The van der Waals surface area contributed by atoms with Crippen molar-refractivity contribution in [2.75, 3.05) is 40.3 Å². The molecule has 1 atom stereocenters. The number of piperazine rings is 1. The number of fused-ring (bicyclic) bond motifs is 1. The van der Waals surface area contributed by atoms with Gasteiger partial charge < -0.3 is 14.8 Å². The monoisotopic (exact) mass is 427 g/mol. The predicted molar refractivity (Wildman–Crippen MR) is 128 cm³/mol. The van der Waals surface area contributed by atoms with Gasteiger partial charge in [-0.3, -0.25) is 4.90 Å². The number of aromatic nitrogens is 1. The maximum absolute atomic E-state index is 11.3. The second-order valence-electron chi connectivity index (χ2n) is 8.47. The average molecular weight is 428 g/mol. The molecule has 3 aromatic carbocycles. The van der Waals surface area contributed by atoms with Crippen molar-refractivity contribution in [3.05, 3.63) is 90.0 Å². The number of hydrogen-bond donors (Lipinski definition) is 1. The molecule has 164 valence electrons. The second-order valence-corrected chi connectivity index (χ2v) is 8.47. The predicted octanol–water partition coefficient (Wildman–Crippen LogP) is 4.89. The first kappa shape index (κ1) is 20.6. The van der Waals surface area contributed by atoms with Crippen LogP contribution in [0.2, 0.25) is 0 Å². The molecule has 0 radical (unpaired) electrons. The highest BCUT2D eigenvalue weighted by Gasteiger charge is 2.32. The molecule has 32 heavy (non-hydrogen) atoms. The minimum Gasteiger partial charge on any atom is -0.497 e. The standard InChI is InChI=1S/C27H29N3O2/c1-28-16-18-29(19-17-28)26(21-12-14-22(32-2)15-13-21)25-23-10-6-7-11-24(23)30(31)27(25)20-8-4-3-5-9-20/h3-15,26,31H,16-19H2,1-2H3/t26-/m0/s1. The first-order valence-corrected chi connectivity index (χ1v) is 11.1. The third kappa shape index (κ3) is 3.64. The van der Waals surface area contributed by atoms with Crippen LogP contribution >= 0.6 is 0 Å². The fraction of sp³-hybridized carbons (Fsp3) is 0.259. The highest BCUT2D eigenvalue weighted by atomic mass is 16.5. The second kappa shape index (κ2) is 8.69. The van der Waals surface area contributed by atoms with Gasteiger partial charge in [0.15, 0.2) is 0 Å². The lowest BCUT2D eigenvalue weighted by Crippen LogP contribution is -2.46. The van der Waals surface area contributed by atoms with E-state index in [1.54, 1.807) is 7.11 Å². The van der Waals surface area contributed by atoms with Crippen LogP contribution in [0.4, 0.5) is 0 Å². The number of likely N-dealkylation sites (N-methyl/N-ethyl adjacent to an activating group) is 1. The Bertz CT molecular complexity index is 1190. The van der Waals surface area contributed by atoms with Crippen LogP contribution in [0, 0.1) is 0 Å². The van der Waals surface area contributed by atoms with Crippen LogP contribution in [0.15, 0.2) is 78.9 Å². The topological polar surface area (TPSA) is 40.9 Å². The van der Waals surface area contributed by atoms with Crippen molar-refractivity contribution in [2.24, 2.45) is 0 Å². The Hall–Kier alpha value is -3.28. The fourth-order valence-corrected chi connectivity index (χ4v) is 4.83. The minimum absolute atomic E-state index is 0.0168. The lowest BCUT2D eigenvalue weighted by atomic mass is 9.91.